The fourth-order valence-electron chi connectivity index (χ4n) is 4.57. The summed E-state index contributed by atoms with van der Waals surface area (Å²) in [6.07, 6.45) is 4.67. The van der Waals surface area contributed by atoms with E-state index in [1.807, 2.05) is 85.8 Å². The molecule has 1 aliphatic carbocycles. The van der Waals surface area contributed by atoms with E-state index in [2.05, 4.69) is 21.2 Å². The Morgan fingerprint density at radius 1 is 0.944 bits per heavy atom. The molecule has 1 N–H and O–H groups in total. The molecule has 3 aromatic rings. The van der Waals surface area contributed by atoms with Crippen LogP contribution >= 0.6 is 15.9 Å². The molecule has 0 bridgehead atoms. The summed E-state index contributed by atoms with van der Waals surface area (Å²) in [5, 5.41) is 3.23. The van der Waals surface area contributed by atoms with Crippen molar-refractivity contribution in [2.24, 2.45) is 0 Å². The lowest BCUT2D eigenvalue weighted by Crippen LogP contribution is -2.53. The maximum atomic E-state index is 13.7. The molecule has 2 amide bonds. The SMILES string of the molecule is Cc1ccc(CN(C(=O)COc2ccc(Br)cc2)C(Cc2ccccc2)C(=O)NC2CCCC2)cc1. The molecule has 36 heavy (non-hydrogen) atoms. The Morgan fingerprint density at radius 2 is 1.61 bits per heavy atom. The van der Waals surface area contributed by atoms with Crippen LogP contribution < -0.4 is 10.1 Å². The van der Waals surface area contributed by atoms with E-state index in [0.717, 1.165) is 46.8 Å². The van der Waals surface area contributed by atoms with Gasteiger partial charge < -0.3 is 15.0 Å². The fourth-order valence-corrected chi connectivity index (χ4v) is 4.83. The van der Waals surface area contributed by atoms with E-state index in [9.17, 15) is 9.59 Å². The zero-order valence-corrected chi connectivity index (χ0v) is 22.2. The van der Waals surface area contributed by atoms with Crippen LogP contribution in [0.25, 0.3) is 0 Å². The van der Waals surface area contributed by atoms with Crippen LogP contribution in [0.1, 0.15) is 42.4 Å². The van der Waals surface area contributed by atoms with Gasteiger partial charge in [-0.2, -0.15) is 0 Å². The van der Waals surface area contributed by atoms with E-state index >= 15 is 0 Å². The predicted molar refractivity (Wildman–Crippen MR) is 146 cm³/mol. The van der Waals surface area contributed by atoms with Crippen LogP contribution in [-0.2, 0) is 22.6 Å². The minimum atomic E-state index is -0.643. The van der Waals surface area contributed by atoms with Crippen molar-refractivity contribution in [3.8, 4) is 5.75 Å². The summed E-state index contributed by atoms with van der Waals surface area (Å²) in [6.45, 7) is 2.22. The molecule has 0 aliphatic heterocycles. The highest BCUT2D eigenvalue weighted by Gasteiger charge is 2.32. The molecule has 0 spiro atoms. The number of aryl methyl sites for hydroxylation is 1. The summed E-state index contributed by atoms with van der Waals surface area (Å²) < 4.78 is 6.77. The summed E-state index contributed by atoms with van der Waals surface area (Å²) in [5.41, 5.74) is 3.14. The quantitative estimate of drug-likeness (QED) is 0.346. The number of hydrogen-bond acceptors (Lipinski definition) is 3. The maximum absolute atomic E-state index is 13.7. The van der Waals surface area contributed by atoms with E-state index in [1.54, 1.807) is 4.90 Å². The van der Waals surface area contributed by atoms with Gasteiger partial charge in [-0.05, 0) is 55.2 Å². The van der Waals surface area contributed by atoms with Crippen molar-refractivity contribution in [2.45, 2.75) is 57.7 Å². The van der Waals surface area contributed by atoms with Crippen LogP contribution in [0.4, 0.5) is 0 Å². The Morgan fingerprint density at radius 3 is 2.28 bits per heavy atom. The second-order valence-electron chi connectivity index (χ2n) is 9.45. The third kappa shape index (κ3) is 7.44. The van der Waals surface area contributed by atoms with E-state index in [4.69, 9.17) is 4.74 Å². The van der Waals surface area contributed by atoms with Gasteiger partial charge in [-0.25, -0.2) is 0 Å². The molecule has 1 fully saturated rings. The summed E-state index contributed by atoms with van der Waals surface area (Å²) in [7, 11) is 0. The monoisotopic (exact) mass is 548 g/mol. The Kier molecular flexibility index (Phi) is 9.17. The van der Waals surface area contributed by atoms with Crippen LogP contribution in [0.2, 0.25) is 0 Å². The first-order valence-electron chi connectivity index (χ1n) is 12.6. The fraction of sp³-hybridized carbons (Fsp3) is 0.333. The highest BCUT2D eigenvalue weighted by molar-refractivity contribution is 9.10. The molecule has 6 heteroatoms. The van der Waals surface area contributed by atoms with Crippen molar-refractivity contribution < 1.29 is 14.3 Å². The largest absolute Gasteiger partial charge is 0.484 e. The number of carbonyl (C=O) groups excluding carboxylic acids is 2. The van der Waals surface area contributed by atoms with Gasteiger partial charge in [0.15, 0.2) is 6.61 Å². The van der Waals surface area contributed by atoms with Gasteiger partial charge >= 0.3 is 0 Å². The number of nitrogens with one attached hydrogen (secondary N) is 1. The molecule has 3 aromatic carbocycles. The van der Waals surface area contributed by atoms with Crippen LogP contribution in [0.3, 0.4) is 0 Å². The van der Waals surface area contributed by atoms with Crippen molar-refractivity contribution in [3.63, 3.8) is 0 Å². The molecular formula is C30H33BrN2O3. The molecule has 0 saturated heterocycles. The number of halogens is 1. The van der Waals surface area contributed by atoms with Crippen LogP contribution in [0, 0.1) is 6.92 Å². The van der Waals surface area contributed by atoms with Crippen molar-refractivity contribution >= 4 is 27.7 Å². The highest BCUT2D eigenvalue weighted by atomic mass is 79.9. The number of amides is 2. The summed E-state index contributed by atoms with van der Waals surface area (Å²) in [6, 6.07) is 24.9. The van der Waals surface area contributed by atoms with Gasteiger partial charge in [-0.15, -0.1) is 0 Å². The molecule has 5 nitrogen and oxygen atoms in total. The number of ether oxygens (including phenoxy) is 1. The molecule has 1 atom stereocenters. The Hall–Kier alpha value is -3.12. The second-order valence-corrected chi connectivity index (χ2v) is 10.4. The van der Waals surface area contributed by atoms with Gasteiger partial charge in [-0.1, -0.05) is 88.9 Å². The molecule has 0 heterocycles. The average molecular weight is 550 g/mol. The maximum Gasteiger partial charge on any atom is 0.261 e. The smallest absolute Gasteiger partial charge is 0.261 e. The number of rotatable bonds is 10. The number of nitrogens with zero attached hydrogens (tertiary/aromatic N) is 1. The lowest BCUT2D eigenvalue weighted by Gasteiger charge is -2.32. The first-order chi connectivity index (χ1) is 17.5. The van der Waals surface area contributed by atoms with Crippen molar-refractivity contribution in [1.82, 2.24) is 10.2 Å². The van der Waals surface area contributed by atoms with Gasteiger partial charge in [0, 0.05) is 23.5 Å². The Bertz CT molecular complexity index is 1130. The van der Waals surface area contributed by atoms with E-state index < -0.39 is 6.04 Å². The summed E-state index contributed by atoms with van der Waals surface area (Å²) in [4.78, 5) is 29.0. The number of hydrogen-bond donors (Lipinski definition) is 1. The van der Waals surface area contributed by atoms with Crippen LogP contribution in [0.5, 0.6) is 5.75 Å². The van der Waals surface area contributed by atoms with Crippen molar-refractivity contribution in [1.29, 1.82) is 0 Å². The van der Waals surface area contributed by atoms with E-state index in [0.29, 0.717) is 18.7 Å². The zero-order chi connectivity index (χ0) is 25.3. The summed E-state index contributed by atoms with van der Waals surface area (Å²) >= 11 is 3.42. The van der Waals surface area contributed by atoms with Gasteiger partial charge in [0.2, 0.25) is 5.91 Å². The Balaban J connectivity index is 1.59. The third-order valence-corrected chi connectivity index (χ3v) is 7.15. The second kappa shape index (κ2) is 12.7. The molecule has 0 radical (unpaired) electrons. The van der Waals surface area contributed by atoms with E-state index in [-0.39, 0.29) is 24.5 Å². The molecule has 1 unspecified atom stereocenters. The molecule has 1 saturated carbocycles. The lowest BCUT2D eigenvalue weighted by atomic mass is 10.0. The van der Waals surface area contributed by atoms with Crippen molar-refractivity contribution in [3.05, 3.63) is 100 Å². The van der Waals surface area contributed by atoms with Crippen molar-refractivity contribution in [2.75, 3.05) is 6.61 Å². The van der Waals surface area contributed by atoms with Gasteiger partial charge in [-0.3, -0.25) is 9.59 Å². The van der Waals surface area contributed by atoms with Gasteiger partial charge in [0.05, 0.1) is 0 Å². The summed E-state index contributed by atoms with van der Waals surface area (Å²) in [5.74, 6) is 0.285. The molecule has 188 valence electrons. The first-order valence-corrected chi connectivity index (χ1v) is 13.3. The minimum Gasteiger partial charge on any atom is -0.484 e. The molecule has 4 rings (SSSR count). The van der Waals surface area contributed by atoms with E-state index in [1.165, 1.54) is 0 Å². The molecule has 0 aromatic heterocycles. The Labute approximate surface area is 222 Å². The molecular weight excluding hydrogens is 516 g/mol. The van der Waals surface area contributed by atoms with Crippen LogP contribution in [-0.4, -0.2) is 35.4 Å². The van der Waals surface area contributed by atoms with Gasteiger partial charge in [0.1, 0.15) is 11.8 Å². The number of carbonyl (C=O) groups is 2. The van der Waals surface area contributed by atoms with Gasteiger partial charge in [0.25, 0.3) is 5.91 Å². The lowest BCUT2D eigenvalue weighted by molar-refractivity contribution is -0.143. The predicted octanol–water partition coefficient (Wildman–Crippen LogP) is 5.84. The standard InChI is InChI=1S/C30H33BrN2O3/c1-22-11-13-24(14-12-22)20-33(29(34)21-36-27-17-15-25(31)16-18-27)28(19-23-7-3-2-4-8-23)30(35)32-26-9-5-6-10-26/h2-4,7-8,11-18,26,28H,5-6,9-10,19-21H2,1H3,(H,32,35). The number of benzene rings is 3. The zero-order valence-electron chi connectivity index (χ0n) is 20.7. The highest BCUT2D eigenvalue weighted by Crippen LogP contribution is 2.21. The average Bonchev–Trinajstić information content (AvgIpc) is 3.40. The molecule has 1 aliphatic rings. The van der Waals surface area contributed by atoms with Crippen LogP contribution in [0.15, 0.2) is 83.3 Å². The third-order valence-electron chi connectivity index (χ3n) is 6.62. The normalized spacial score (nSPS) is 14.3. The topological polar surface area (TPSA) is 58.6 Å². The minimum absolute atomic E-state index is 0.102. The first kappa shape index (κ1) is 26.0.